The van der Waals surface area contributed by atoms with Crippen molar-refractivity contribution in [2.45, 2.75) is 13.1 Å². The van der Waals surface area contributed by atoms with E-state index in [9.17, 15) is 0 Å². The first kappa shape index (κ1) is 12.4. The lowest BCUT2D eigenvalue weighted by molar-refractivity contribution is 0.412. The van der Waals surface area contributed by atoms with Gasteiger partial charge in [0.2, 0.25) is 0 Å². The van der Waals surface area contributed by atoms with E-state index in [2.05, 4.69) is 45.1 Å². The number of fused-ring (bicyclic) bond motifs is 1. The molecule has 0 unspecified atom stereocenters. The van der Waals surface area contributed by atoms with Gasteiger partial charge in [-0.1, -0.05) is 6.07 Å². The molecule has 1 heterocycles. The summed E-state index contributed by atoms with van der Waals surface area (Å²) in [7, 11) is 1.68. The van der Waals surface area contributed by atoms with E-state index in [1.807, 2.05) is 12.1 Å². The Kier molecular flexibility index (Phi) is 3.11. The first-order valence-electron chi connectivity index (χ1n) is 6.13. The molecule has 0 fully saturated rings. The van der Waals surface area contributed by atoms with Crippen LogP contribution >= 0.6 is 15.9 Å². The summed E-state index contributed by atoms with van der Waals surface area (Å²) >= 11 is 3.48. The fourth-order valence-electron chi connectivity index (χ4n) is 2.44. The number of halogens is 1. The van der Waals surface area contributed by atoms with Crippen LogP contribution in [0.2, 0.25) is 0 Å². The highest BCUT2D eigenvalue weighted by molar-refractivity contribution is 9.10. The molecule has 2 N–H and O–H groups in total. The second-order valence-electron chi connectivity index (χ2n) is 4.70. The highest BCUT2D eigenvalue weighted by Gasteiger charge is 2.19. The second kappa shape index (κ2) is 4.78. The predicted molar refractivity (Wildman–Crippen MR) is 81.4 cm³/mol. The summed E-state index contributed by atoms with van der Waals surface area (Å²) in [6, 6.07) is 12.3. The molecule has 0 bridgehead atoms. The number of hydrogen-bond donors (Lipinski definition) is 1. The van der Waals surface area contributed by atoms with Gasteiger partial charge in [-0.2, -0.15) is 0 Å². The van der Waals surface area contributed by atoms with Crippen molar-refractivity contribution in [2.75, 3.05) is 17.7 Å². The third kappa shape index (κ3) is 2.28. The zero-order chi connectivity index (χ0) is 13.4. The molecule has 0 amide bonds. The molecule has 4 heteroatoms. The number of anilines is 2. The molecule has 3 nitrogen and oxygen atoms in total. The van der Waals surface area contributed by atoms with E-state index in [1.165, 1.54) is 11.1 Å². The summed E-state index contributed by atoms with van der Waals surface area (Å²) in [6.45, 7) is 1.81. The van der Waals surface area contributed by atoms with Crippen molar-refractivity contribution in [3.05, 3.63) is 52.0 Å². The van der Waals surface area contributed by atoms with Crippen LogP contribution in [0.15, 0.2) is 40.9 Å². The molecule has 3 rings (SSSR count). The van der Waals surface area contributed by atoms with Crippen molar-refractivity contribution in [3.63, 3.8) is 0 Å². The Morgan fingerprint density at radius 3 is 2.68 bits per heavy atom. The standard InChI is InChI=1S/C15H15BrN2O/c1-19-15-7-13(4-5-14(15)16)18-8-10-2-3-12(17)6-11(10)9-18/h2-7H,8-9,17H2,1H3. The lowest BCUT2D eigenvalue weighted by Gasteiger charge is -2.18. The average molecular weight is 319 g/mol. The normalized spacial score (nSPS) is 13.5. The maximum atomic E-state index is 5.84. The third-order valence-electron chi connectivity index (χ3n) is 3.45. The van der Waals surface area contributed by atoms with Gasteiger partial charge in [0.1, 0.15) is 5.75 Å². The van der Waals surface area contributed by atoms with Gasteiger partial charge >= 0.3 is 0 Å². The lowest BCUT2D eigenvalue weighted by atomic mass is 10.1. The Morgan fingerprint density at radius 1 is 1.11 bits per heavy atom. The molecule has 0 spiro atoms. The topological polar surface area (TPSA) is 38.5 Å². The molecule has 0 aromatic heterocycles. The largest absolute Gasteiger partial charge is 0.495 e. The number of rotatable bonds is 2. The van der Waals surface area contributed by atoms with Gasteiger partial charge in [0.05, 0.1) is 11.6 Å². The number of nitrogens with two attached hydrogens (primary N) is 1. The van der Waals surface area contributed by atoms with Crippen LogP contribution in [0.3, 0.4) is 0 Å². The monoisotopic (exact) mass is 318 g/mol. The van der Waals surface area contributed by atoms with Gasteiger partial charge in [-0.05, 0) is 51.3 Å². The molecular formula is C15H15BrN2O. The Balaban J connectivity index is 1.90. The van der Waals surface area contributed by atoms with Crippen molar-refractivity contribution in [1.82, 2.24) is 0 Å². The molecule has 0 saturated heterocycles. The number of benzene rings is 2. The maximum Gasteiger partial charge on any atom is 0.135 e. The minimum atomic E-state index is 0.828. The van der Waals surface area contributed by atoms with Crippen LogP contribution in [0.25, 0.3) is 0 Å². The van der Waals surface area contributed by atoms with Crippen LogP contribution < -0.4 is 15.4 Å². The minimum Gasteiger partial charge on any atom is -0.495 e. The smallest absolute Gasteiger partial charge is 0.135 e. The van der Waals surface area contributed by atoms with Gasteiger partial charge in [0.25, 0.3) is 0 Å². The molecule has 1 aliphatic heterocycles. The van der Waals surface area contributed by atoms with Gasteiger partial charge in [-0.25, -0.2) is 0 Å². The number of hydrogen-bond acceptors (Lipinski definition) is 3. The molecule has 1 aliphatic rings. The van der Waals surface area contributed by atoms with E-state index < -0.39 is 0 Å². The van der Waals surface area contributed by atoms with E-state index in [0.717, 1.165) is 34.7 Å². The van der Waals surface area contributed by atoms with Crippen molar-refractivity contribution >= 4 is 27.3 Å². The molecule has 2 aromatic carbocycles. The van der Waals surface area contributed by atoms with Crippen molar-refractivity contribution in [3.8, 4) is 5.75 Å². The molecule has 0 atom stereocenters. The first-order valence-corrected chi connectivity index (χ1v) is 6.92. The Labute approximate surface area is 121 Å². The number of methoxy groups -OCH3 is 1. The van der Waals surface area contributed by atoms with E-state index in [1.54, 1.807) is 7.11 Å². The summed E-state index contributed by atoms with van der Waals surface area (Å²) in [5.41, 5.74) is 10.5. The summed E-state index contributed by atoms with van der Waals surface area (Å²) < 4.78 is 6.32. The average Bonchev–Trinajstić information content (AvgIpc) is 2.82. The molecule has 0 radical (unpaired) electrons. The molecule has 19 heavy (non-hydrogen) atoms. The fraction of sp³-hybridized carbons (Fsp3) is 0.200. The molecule has 0 saturated carbocycles. The van der Waals surface area contributed by atoms with Crippen LogP contribution in [0.5, 0.6) is 5.75 Å². The van der Waals surface area contributed by atoms with Gasteiger partial charge in [0, 0.05) is 30.5 Å². The summed E-state index contributed by atoms with van der Waals surface area (Å²) in [5, 5.41) is 0. The van der Waals surface area contributed by atoms with Crippen molar-refractivity contribution < 1.29 is 4.74 Å². The van der Waals surface area contributed by atoms with Crippen LogP contribution in [0, 0.1) is 0 Å². The zero-order valence-corrected chi connectivity index (χ0v) is 12.3. The first-order chi connectivity index (χ1) is 9.17. The maximum absolute atomic E-state index is 5.84. The molecular weight excluding hydrogens is 304 g/mol. The number of nitrogen functional groups attached to an aromatic ring is 1. The summed E-state index contributed by atoms with van der Waals surface area (Å²) in [4.78, 5) is 2.32. The van der Waals surface area contributed by atoms with E-state index in [-0.39, 0.29) is 0 Å². The Hall–Kier alpha value is -1.68. The Morgan fingerprint density at radius 2 is 1.89 bits per heavy atom. The van der Waals surface area contributed by atoms with Gasteiger partial charge in [-0.15, -0.1) is 0 Å². The van der Waals surface area contributed by atoms with Gasteiger partial charge in [0.15, 0.2) is 0 Å². The fourth-order valence-corrected chi connectivity index (χ4v) is 2.85. The predicted octanol–water partition coefficient (Wildman–Crippen LogP) is 3.56. The summed E-state index contributed by atoms with van der Waals surface area (Å²) in [5.74, 6) is 0.855. The van der Waals surface area contributed by atoms with E-state index >= 15 is 0 Å². The summed E-state index contributed by atoms with van der Waals surface area (Å²) in [6.07, 6.45) is 0. The van der Waals surface area contributed by atoms with Gasteiger partial charge in [-0.3, -0.25) is 0 Å². The molecule has 98 valence electrons. The third-order valence-corrected chi connectivity index (χ3v) is 4.11. The van der Waals surface area contributed by atoms with Crippen molar-refractivity contribution in [2.24, 2.45) is 0 Å². The lowest BCUT2D eigenvalue weighted by Crippen LogP contribution is -2.14. The highest BCUT2D eigenvalue weighted by Crippen LogP contribution is 2.34. The van der Waals surface area contributed by atoms with E-state index in [0.29, 0.717) is 0 Å². The van der Waals surface area contributed by atoms with Crippen molar-refractivity contribution in [1.29, 1.82) is 0 Å². The number of ether oxygens (including phenoxy) is 1. The van der Waals surface area contributed by atoms with E-state index in [4.69, 9.17) is 10.5 Å². The Bertz CT molecular complexity index is 628. The highest BCUT2D eigenvalue weighted by atomic mass is 79.9. The van der Waals surface area contributed by atoms with Gasteiger partial charge < -0.3 is 15.4 Å². The number of nitrogens with zero attached hydrogens (tertiary/aromatic N) is 1. The van der Waals surface area contributed by atoms with Crippen LogP contribution in [0.1, 0.15) is 11.1 Å². The second-order valence-corrected chi connectivity index (χ2v) is 5.56. The quantitative estimate of drug-likeness (QED) is 0.860. The zero-order valence-electron chi connectivity index (χ0n) is 10.7. The molecule has 2 aromatic rings. The molecule has 0 aliphatic carbocycles. The van der Waals surface area contributed by atoms with Crippen LogP contribution in [-0.2, 0) is 13.1 Å². The van der Waals surface area contributed by atoms with Crippen LogP contribution in [-0.4, -0.2) is 7.11 Å². The SMILES string of the molecule is COc1cc(N2Cc3ccc(N)cc3C2)ccc1Br. The van der Waals surface area contributed by atoms with Crippen LogP contribution in [0.4, 0.5) is 11.4 Å². The minimum absolute atomic E-state index is 0.828.